The molecule has 20 heavy (non-hydrogen) atoms. The lowest BCUT2D eigenvalue weighted by Crippen LogP contribution is -2.41. The minimum absolute atomic E-state index is 0.765. The molecule has 4 atom stereocenters. The molecule has 0 bridgehead atoms. The summed E-state index contributed by atoms with van der Waals surface area (Å²) >= 11 is 0. The smallest absolute Gasteiger partial charge is 0.0468 e. The first-order valence-electron chi connectivity index (χ1n) is 9.12. The van der Waals surface area contributed by atoms with Crippen molar-refractivity contribution in [1.29, 1.82) is 0 Å². The van der Waals surface area contributed by atoms with Gasteiger partial charge in [0.05, 0.1) is 0 Å². The van der Waals surface area contributed by atoms with Crippen molar-refractivity contribution < 1.29 is 4.74 Å². The summed E-state index contributed by atoms with van der Waals surface area (Å²) in [6.45, 7) is 1.99. The van der Waals surface area contributed by atoms with Crippen molar-refractivity contribution in [2.45, 2.75) is 70.3 Å². The molecule has 1 aliphatic heterocycles. The van der Waals surface area contributed by atoms with Gasteiger partial charge in [-0.25, -0.2) is 0 Å². The molecule has 3 fully saturated rings. The van der Waals surface area contributed by atoms with E-state index in [4.69, 9.17) is 4.74 Å². The minimum Gasteiger partial charge on any atom is -0.381 e. The van der Waals surface area contributed by atoms with E-state index in [1.165, 1.54) is 64.2 Å². The van der Waals surface area contributed by atoms with Gasteiger partial charge >= 0.3 is 0 Å². The van der Waals surface area contributed by atoms with Gasteiger partial charge in [0.25, 0.3) is 0 Å². The molecule has 2 aliphatic carbocycles. The molecular weight excluding hydrogens is 246 g/mol. The fourth-order valence-electron chi connectivity index (χ4n) is 5.16. The minimum atomic E-state index is 0.765. The topological polar surface area (TPSA) is 21.3 Å². The van der Waals surface area contributed by atoms with Gasteiger partial charge in [-0.05, 0) is 69.2 Å². The SMILES string of the molecule is CNC(CC1CCOCC1)C1CCC2CCCCC2C1. The van der Waals surface area contributed by atoms with Crippen molar-refractivity contribution in [1.82, 2.24) is 5.32 Å². The first kappa shape index (κ1) is 14.8. The molecule has 2 saturated carbocycles. The van der Waals surface area contributed by atoms with E-state index >= 15 is 0 Å². The predicted octanol–water partition coefficient (Wildman–Crippen LogP) is 4.00. The molecule has 2 heteroatoms. The number of hydrogen-bond donors (Lipinski definition) is 1. The van der Waals surface area contributed by atoms with Gasteiger partial charge < -0.3 is 10.1 Å². The van der Waals surface area contributed by atoms with E-state index in [0.717, 1.165) is 42.9 Å². The van der Waals surface area contributed by atoms with Gasteiger partial charge in [0.1, 0.15) is 0 Å². The highest BCUT2D eigenvalue weighted by molar-refractivity contribution is 4.89. The van der Waals surface area contributed by atoms with Gasteiger partial charge in [0.15, 0.2) is 0 Å². The van der Waals surface area contributed by atoms with Gasteiger partial charge in [-0.3, -0.25) is 0 Å². The molecule has 1 saturated heterocycles. The monoisotopic (exact) mass is 279 g/mol. The van der Waals surface area contributed by atoms with Crippen LogP contribution in [0.1, 0.15) is 64.2 Å². The number of ether oxygens (including phenoxy) is 1. The zero-order valence-corrected chi connectivity index (χ0v) is 13.3. The third kappa shape index (κ3) is 3.57. The van der Waals surface area contributed by atoms with Crippen LogP contribution in [0.15, 0.2) is 0 Å². The highest BCUT2D eigenvalue weighted by Gasteiger charge is 2.35. The first-order chi connectivity index (χ1) is 9.86. The van der Waals surface area contributed by atoms with Crippen LogP contribution in [0.5, 0.6) is 0 Å². The lowest BCUT2D eigenvalue weighted by atomic mass is 9.65. The molecule has 0 aromatic rings. The van der Waals surface area contributed by atoms with E-state index in [2.05, 4.69) is 12.4 Å². The second kappa shape index (κ2) is 7.26. The lowest BCUT2D eigenvalue weighted by Gasteiger charge is -2.42. The number of fused-ring (bicyclic) bond motifs is 1. The van der Waals surface area contributed by atoms with Crippen molar-refractivity contribution in [2.24, 2.45) is 23.7 Å². The summed E-state index contributed by atoms with van der Waals surface area (Å²) in [6, 6.07) is 0.765. The van der Waals surface area contributed by atoms with Crippen LogP contribution in [0.2, 0.25) is 0 Å². The molecule has 1 heterocycles. The second-order valence-electron chi connectivity index (χ2n) is 7.56. The molecule has 4 unspecified atom stereocenters. The normalized spacial score (nSPS) is 37.4. The molecule has 0 radical (unpaired) electrons. The zero-order valence-electron chi connectivity index (χ0n) is 13.3. The highest BCUT2D eigenvalue weighted by atomic mass is 16.5. The summed E-state index contributed by atoms with van der Waals surface area (Å²) in [7, 11) is 2.19. The molecule has 2 nitrogen and oxygen atoms in total. The Labute approximate surface area is 125 Å². The fraction of sp³-hybridized carbons (Fsp3) is 1.00. The Morgan fingerprint density at radius 3 is 2.45 bits per heavy atom. The Kier molecular flexibility index (Phi) is 5.39. The molecule has 1 N–H and O–H groups in total. The Hall–Kier alpha value is -0.0800. The lowest BCUT2D eigenvalue weighted by molar-refractivity contribution is 0.0512. The summed E-state index contributed by atoms with van der Waals surface area (Å²) in [5, 5.41) is 3.67. The highest BCUT2D eigenvalue weighted by Crippen LogP contribution is 2.44. The van der Waals surface area contributed by atoms with Crippen molar-refractivity contribution in [3.63, 3.8) is 0 Å². The van der Waals surface area contributed by atoms with E-state index in [0.29, 0.717) is 0 Å². The van der Waals surface area contributed by atoms with Gasteiger partial charge in [-0.1, -0.05) is 25.7 Å². The van der Waals surface area contributed by atoms with E-state index in [-0.39, 0.29) is 0 Å². The molecule has 116 valence electrons. The van der Waals surface area contributed by atoms with Crippen molar-refractivity contribution in [2.75, 3.05) is 20.3 Å². The maximum absolute atomic E-state index is 5.51. The molecule has 0 spiro atoms. The molecular formula is C18H33NO. The van der Waals surface area contributed by atoms with Crippen LogP contribution in [0.3, 0.4) is 0 Å². The van der Waals surface area contributed by atoms with Crippen molar-refractivity contribution in [3.05, 3.63) is 0 Å². The van der Waals surface area contributed by atoms with Crippen LogP contribution < -0.4 is 5.32 Å². The largest absolute Gasteiger partial charge is 0.381 e. The van der Waals surface area contributed by atoms with Crippen LogP contribution in [-0.2, 0) is 4.74 Å². The van der Waals surface area contributed by atoms with Crippen LogP contribution in [0.25, 0.3) is 0 Å². The number of hydrogen-bond acceptors (Lipinski definition) is 2. The van der Waals surface area contributed by atoms with Crippen LogP contribution >= 0.6 is 0 Å². The Morgan fingerprint density at radius 1 is 0.950 bits per heavy atom. The van der Waals surface area contributed by atoms with Crippen molar-refractivity contribution in [3.8, 4) is 0 Å². The zero-order chi connectivity index (χ0) is 13.8. The van der Waals surface area contributed by atoms with Crippen LogP contribution in [0, 0.1) is 23.7 Å². The summed E-state index contributed by atoms with van der Waals surface area (Å²) in [5.41, 5.74) is 0. The van der Waals surface area contributed by atoms with E-state index in [1.54, 1.807) is 0 Å². The third-order valence-corrected chi connectivity index (χ3v) is 6.45. The number of nitrogens with one attached hydrogen (secondary N) is 1. The van der Waals surface area contributed by atoms with Crippen LogP contribution in [0.4, 0.5) is 0 Å². The molecule has 0 amide bonds. The van der Waals surface area contributed by atoms with Gasteiger partial charge in [0.2, 0.25) is 0 Å². The quantitative estimate of drug-likeness (QED) is 0.840. The van der Waals surface area contributed by atoms with Gasteiger partial charge in [0, 0.05) is 19.3 Å². The van der Waals surface area contributed by atoms with E-state index in [1.807, 2.05) is 0 Å². The van der Waals surface area contributed by atoms with E-state index < -0.39 is 0 Å². The van der Waals surface area contributed by atoms with Gasteiger partial charge in [-0.2, -0.15) is 0 Å². The Morgan fingerprint density at radius 2 is 1.70 bits per heavy atom. The average Bonchev–Trinajstić information content (AvgIpc) is 2.53. The third-order valence-electron chi connectivity index (χ3n) is 6.45. The van der Waals surface area contributed by atoms with E-state index in [9.17, 15) is 0 Å². The Bertz CT molecular complexity index is 285. The molecule has 3 rings (SSSR count). The average molecular weight is 279 g/mol. The molecule has 0 aromatic carbocycles. The maximum atomic E-state index is 5.51. The number of rotatable bonds is 4. The van der Waals surface area contributed by atoms with Gasteiger partial charge in [-0.15, -0.1) is 0 Å². The molecule has 0 aromatic heterocycles. The first-order valence-corrected chi connectivity index (χ1v) is 9.12. The molecule has 3 aliphatic rings. The summed E-state index contributed by atoms with van der Waals surface area (Å²) in [4.78, 5) is 0. The van der Waals surface area contributed by atoms with Crippen LogP contribution in [-0.4, -0.2) is 26.3 Å². The maximum Gasteiger partial charge on any atom is 0.0468 e. The second-order valence-corrected chi connectivity index (χ2v) is 7.56. The summed E-state index contributed by atoms with van der Waals surface area (Å²) < 4.78 is 5.51. The standard InChI is InChI=1S/C18H33NO/c1-19-18(12-14-8-10-20-11-9-14)17-7-6-15-4-2-3-5-16(15)13-17/h14-19H,2-13H2,1H3. The Balaban J connectivity index is 1.52. The predicted molar refractivity (Wildman–Crippen MR) is 83.8 cm³/mol. The summed E-state index contributed by atoms with van der Waals surface area (Å²) in [5.74, 6) is 4.00. The van der Waals surface area contributed by atoms with Crippen molar-refractivity contribution >= 4 is 0 Å². The fourth-order valence-corrected chi connectivity index (χ4v) is 5.16. The summed E-state index contributed by atoms with van der Waals surface area (Å²) in [6.07, 6.45) is 14.5.